The number of guanidine groups is 2. The van der Waals surface area contributed by atoms with Crippen molar-refractivity contribution >= 4 is 22.8 Å². The number of nitrogens with zero attached hydrogens (tertiary/aromatic N) is 2. The highest BCUT2D eigenvalue weighted by Crippen LogP contribution is 2.07. The van der Waals surface area contributed by atoms with Crippen molar-refractivity contribution in [1.29, 1.82) is 0 Å². The predicted molar refractivity (Wildman–Crippen MR) is 45.9 cm³/mol. The number of thiol groups is 1. The highest BCUT2D eigenvalue weighted by molar-refractivity contribution is 7.71. The second-order valence-corrected chi connectivity index (χ2v) is 2.63. The first-order valence-electron chi connectivity index (χ1n) is 3.13. The van der Waals surface area contributed by atoms with E-state index in [1.807, 2.05) is 0 Å². The van der Waals surface area contributed by atoms with Crippen LogP contribution in [-0.4, -0.2) is 26.6 Å². The number of nitrogens with one attached hydrogen (secondary N) is 2. The Balaban J connectivity index is 4.29. The molecule has 0 aromatic carbocycles. The summed E-state index contributed by atoms with van der Waals surface area (Å²) in [6.07, 6.45) is -4.75. The molecule has 88 valence electrons. The number of hydrogen-bond acceptors (Lipinski definition) is 3. The monoisotopic (exact) mass is 248 g/mol. The molecule has 0 radical (unpaired) electrons. The third-order valence-corrected chi connectivity index (χ3v) is 1.13. The van der Waals surface area contributed by atoms with E-state index in [0.717, 1.165) is 5.32 Å². The molecule has 0 saturated carbocycles. The van der Waals surface area contributed by atoms with Crippen LogP contribution in [0.4, 0.5) is 13.2 Å². The van der Waals surface area contributed by atoms with Gasteiger partial charge in [-0.25, -0.2) is 13.8 Å². The normalized spacial score (nSPS) is 14.1. The van der Waals surface area contributed by atoms with E-state index in [9.17, 15) is 21.6 Å². The fourth-order valence-corrected chi connectivity index (χ4v) is 0.622. The molecule has 15 heavy (non-hydrogen) atoms. The van der Waals surface area contributed by atoms with E-state index in [2.05, 4.69) is 9.50 Å². The molecule has 6 N–H and O–H groups in total. The number of halogens is 3. The van der Waals surface area contributed by atoms with Gasteiger partial charge in [-0.3, -0.25) is 5.32 Å². The lowest BCUT2D eigenvalue weighted by Gasteiger charge is -2.08. The average Bonchev–Trinajstić information content (AvgIpc) is 1.96. The lowest BCUT2D eigenvalue weighted by atomic mass is 10.9. The molecule has 0 amide bonds. The lowest BCUT2D eigenvalue weighted by Crippen LogP contribution is -2.44. The number of alkyl halides is 3. The van der Waals surface area contributed by atoms with E-state index in [0.29, 0.717) is 0 Å². The van der Waals surface area contributed by atoms with Gasteiger partial charge in [-0.1, -0.05) is 0 Å². The fourth-order valence-electron chi connectivity index (χ4n) is 0.401. The van der Waals surface area contributed by atoms with Gasteiger partial charge >= 0.3 is 6.30 Å². The first-order chi connectivity index (χ1) is 6.70. The van der Waals surface area contributed by atoms with Crippen LogP contribution in [0, 0.1) is 0 Å². The van der Waals surface area contributed by atoms with Crippen molar-refractivity contribution in [1.82, 2.24) is 10.7 Å². The van der Waals surface area contributed by atoms with Crippen molar-refractivity contribution in [3.63, 3.8) is 0 Å². The number of nitrogens with two attached hydrogens (primary N) is 2. The van der Waals surface area contributed by atoms with Crippen molar-refractivity contribution in [2.24, 2.45) is 21.0 Å². The summed E-state index contributed by atoms with van der Waals surface area (Å²) in [5.41, 5.74) is 11.3. The Labute approximate surface area is 83.3 Å². The minimum Gasteiger partial charge on any atom is -0.368 e. The topological polar surface area (TPSA) is 135 Å². The first kappa shape index (κ1) is 13.3. The van der Waals surface area contributed by atoms with Gasteiger partial charge in [0.25, 0.3) is 0 Å². The predicted octanol–water partition coefficient (Wildman–Crippen LogP) is -2.24. The van der Waals surface area contributed by atoms with Crippen LogP contribution in [-0.2, 0) is 10.9 Å². The quantitative estimate of drug-likeness (QED) is 0.123. The highest BCUT2D eigenvalue weighted by atomic mass is 32.2. The fraction of sp³-hybridized carbons (Fsp3) is 0.333. The SMILES string of the molecule is NC(=N[SH](=O)=O)NN=C(N)NC(F)(F)F. The smallest absolute Gasteiger partial charge is 0.368 e. The Kier molecular flexibility index (Phi) is 4.63. The number of hydrazone groups is 1. The molecule has 0 aromatic heterocycles. The van der Waals surface area contributed by atoms with E-state index in [1.165, 1.54) is 0 Å². The van der Waals surface area contributed by atoms with Crippen LogP contribution in [0.3, 0.4) is 0 Å². The summed E-state index contributed by atoms with van der Waals surface area (Å²) in [6.45, 7) is 0. The van der Waals surface area contributed by atoms with Crippen LogP contribution < -0.4 is 22.2 Å². The Morgan fingerprint density at radius 3 is 2.13 bits per heavy atom. The van der Waals surface area contributed by atoms with Crippen molar-refractivity contribution in [3.05, 3.63) is 0 Å². The van der Waals surface area contributed by atoms with Crippen molar-refractivity contribution < 1.29 is 21.6 Å². The van der Waals surface area contributed by atoms with Gasteiger partial charge in [-0.2, -0.15) is 13.2 Å². The summed E-state index contributed by atoms with van der Waals surface area (Å²) in [5, 5.41) is 3.68. The van der Waals surface area contributed by atoms with Crippen LogP contribution in [0.25, 0.3) is 0 Å². The Morgan fingerprint density at radius 2 is 1.73 bits per heavy atom. The molecule has 0 rings (SSSR count). The molecule has 0 aliphatic rings. The maximum Gasteiger partial charge on any atom is 0.484 e. The van der Waals surface area contributed by atoms with Gasteiger partial charge in [0.05, 0.1) is 0 Å². The third kappa shape index (κ3) is 8.61. The average molecular weight is 248 g/mol. The van der Waals surface area contributed by atoms with Crippen molar-refractivity contribution in [2.45, 2.75) is 6.30 Å². The molecular formula is C3H7F3N6O2S. The standard InChI is InChI=1S/C3H7F3N6O2S/c4-3(5,6)9-1(7)10-11-2(8)12-15(13)14/h15H,(H3,7,9,10)(H3,8,11,12,13,14). The van der Waals surface area contributed by atoms with Crippen LogP contribution in [0.2, 0.25) is 0 Å². The van der Waals surface area contributed by atoms with Gasteiger partial charge < -0.3 is 11.5 Å². The molecule has 0 unspecified atom stereocenters. The molecule has 12 heteroatoms. The molecule has 0 aliphatic heterocycles. The Hall–Kier alpha value is -1.72. The molecular weight excluding hydrogens is 241 g/mol. The molecule has 0 aliphatic carbocycles. The zero-order valence-corrected chi connectivity index (χ0v) is 7.84. The van der Waals surface area contributed by atoms with Crippen LogP contribution in [0.5, 0.6) is 0 Å². The summed E-state index contributed by atoms with van der Waals surface area (Å²) in [5.74, 6) is -1.75. The zero-order valence-electron chi connectivity index (χ0n) is 6.95. The summed E-state index contributed by atoms with van der Waals surface area (Å²) >= 11 is 0. The maximum absolute atomic E-state index is 11.6. The number of rotatable bonds is 2. The second kappa shape index (κ2) is 5.23. The van der Waals surface area contributed by atoms with Crippen molar-refractivity contribution in [3.8, 4) is 0 Å². The van der Waals surface area contributed by atoms with E-state index in [-0.39, 0.29) is 0 Å². The number of hydrogen-bond donors (Lipinski definition) is 5. The molecule has 0 heterocycles. The van der Waals surface area contributed by atoms with E-state index in [4.69, 9.17) is 11.5 Å². The van der Waals surface area contributed by atoms with Gasteiger partial charge in [-0.15, -0.1) is 9.50 Å². The minimum absolute atomic E-state index is 0.710. The summed E-state index contributed by atoms with van der Waals surface area (Å²) in [6, 6.07) is 0. The van der Waals surface area contributed by atoms with E-state index in [1.54, 1.807) is 5.43 Å². The van der Waals surface area contributed by atoms with E-state index >= 15 is 0 Å². The molecule has 0 bridgehead atoms. The molecule has 0 atom stereocenters. The Morgan fingerprint density at radius 1 is 1.20 bits per heavy atom. The van der Waals surface area contributed by atoms with Gasteiger partial charge in [0, 0.05) is 0 Å². The minimum atomic E-state index is -4.75. The summed E-state index contributed by atoms with van der Waals surface area (Å²) < 4.78 is 57.3. The summed E-state index contributed by atoms with van der Waals surface area (Å²) in [4.78, 5) is 0. The second-order valence-electron chi connectivity index (χ2n) is 1.95. The van der Waals surface area contributed by atoms with Gasteiger partial charge in [0.1, 0.15) is 0 Å². The van der Waals surface area contributed by atoms with Gasteiger partial charge in [-0.05, 0) is 0 Å². The lowest BCUT2D eigenvalue weighted by molar-refractivity contribution is -0.142. The van der Waals surface area contributed by atoms with Crippen molar-refractivity contribution in [2.75, 3.05) is 0 Å². The van der Waals surface area contributed by atoms with Crippen LogP contribution >= 0.6 is 0 Å². The van der Waals surface area contributed by atoms with Crippen LogP contribution in [0.1, 0.15) is 0 Å². The highest BCUT2D eigenvalue weighted by Gasteiger charge is 2.27. The molecule has 0 saturated heterocycles. The van der Waals surface area contributed by atoms with Crippen LogP contribution in [0.15, 0.2) is 9.50 Å². The Bertz CT molecular complexity index is 338. The molecule has 0 fully saturated rings. The van der Waals surface area contributed by atoms with Gasteiger partial charge in [0.15, 0.2) is 0 Å². The molecule has 0 spiro atoms. The molecule has 0 aromatic rings. The largest absolute Gasteiger partial charge is 0.484 e. The van der Waals surface area contributed by atoms with Gasteiger partial charge in [0.2, 0.25) is 22.8 Å². The summed E-state index contributed by atoms with van der Waals surface area (Å²) in [7, 11) is -3.15. The zero-order chi connectivity index (χ0) is 12.1. The molecule has 8 nitrogen and oxygen atoms in total. The van der Waals surface area contributed by atoms with E-state index < -0.39 is 29.1 Å². The first-order valence-corrected chi connectivity index (χ1v) is 4.26. The third-order valence-electron chi connectivity index (χ3n) is 0.750. The maximum atomic E-state index is 11.6.